The highest BCUT2D eigenvalue weighted by Crippen LogP contribution is 2.29. The van der Waals surface area contributed by atoms with E-state index < -0.39 is 11.1 Å². The maximum atomic E-state index is 11.9. The summed E-state index contributed by atoms with van der Waals surface area (Å²) >= 11 is 0. The fourth-order valence-corrected chi connectivity index (χ4v) is 2.33. The van der Waals surface area contributed by atoms with Crippen LogP contribution in [0.5, 0.6) is 11.5 Å². The summed E-state index contributed by atoms with van der Waals surface area (Å²) in [6, 6.07) is 5.09. The van der Waals surface area contributed by atoms with Crippen LogP contribution in [0.3, 0.4) is 0 Å². The van der Waals surface area contributed by atoms with Gasteiger partial charge in [0.25, 0.3) is 5.09 Å². The molecule has 0 N–H and O–H groups in total. The lowest BCUT2D eigenvalue weighted by atomic mass is 10.2. The fraction of sp³-hybridized carbons (Fsp3) is 0.429. The number of benzene rings is 1. The van der Waals surface area contributed by atoms with Gasteiger partial charge in [-0.2, -0.15) is 0 Å². The molecule has 0 aliphatic rings. The quantitative estimate of drug-likeness (QED) is 0.111. The van der Waals surface area contributed by atoms with Gasteiger partial charge in [-0.3, -0.25) is 9.59 Å². The average molecular weight is 421 g/mol. The summed E-state index contributed by atoms with van der Waals surface area (Å²) in [6.07, 6.45) is 9.41. The van der Waals surface area contributed by atoms with Crippen molar-refractivity contribution in [2.75, 3.05) is 20.3 Å². The fourth-order valence-electron chi connectivity index (χ4n) is 2.33. The number of hydrogen-bond donors (Lipinski definition) is 0. The third kappa shape index (κ3) is 10.8. The highest BCUT2D eigenvalue weighted by molar-refractivity contribution is 5.73. The third-order valence-electron chi connectivity index (χ3n) is 3.77. The minimum absolute atomic E-state index is 0.0320. The lowest BCUT2D eigenvalue weighted by Gasteiger charge is -2.10. The molecule has 0 spiro atoms. The molecule has 1 aromatic rings. The third-order valence-corrected chi connectivity index (χ3v) is 3.77. The van der Waals surface area contributed by atoms with Gasteiger partial charge in [0.05, 0.1) is 13.7 Å². The molecule has 0 fully saturated rings. The minimum atomic E-state index is -0.903. The number of carbonyl (C=O) groups excluding carboxylic acids is 2. The zero-order valence-corrected chi connectivity index (χ0v) is 17.2. The second-order valence-electron chi connectivity index (χ2n) is 6.09. The molecular formula is C21H27NO8. The number of methoxy groups -OCH3 is 1. The zero-order valence-electron chi connectivity index (χ0n) is 17.2. The summed E-state index contributed by atoms with van der Waals surface area (Å²) < 4.78 is 15.6. The van der Waals surface area contributed by atoms with E-state index in [1.165, 1.54) is 7.11 Å². The van der Waals surface area contributed by atoms with Crippen molar-refractivity contribution < 1.29 is 33.7 Å². The predicted octanol–water partition coefficient (Wildman–Crippen LogP) is 3.89. The van der Waals surface area contributed by atoms with Crippen LogP contribution >= 0.6 is 0 Å². The van der Waals surface area contributed by atoms with Gasteiger partial charge < -0.3 is 19.0 Å². The van der Waals surface area contributed by atoms with Crippen LogP contribution in [-0.2, 0) is 19.2 Å². The molecule has 0 aliphatic carbocycles. The van der Waals surface area contributed by atoms with E-state index in [9.17, 15) is 19.7 Å². The Morgan fingerprint density at radius 1 is 1.10 bits per heavy atom. The van der Waals surface area contributed by atoms with Crippen LogP contribution in [-0.4, -0.2) is 37.3 Å². The first-order chi connectivity index (χ1) is 14.5. The molecule has 0 saturated carbocycles. The van der Waals surface area contributed by atoms with Gasteiger partial charge in [0.2, 0.25) is 0 Å². The second kappa shape index (κ2) is 14.6. The molecule has 0 aromatic heterocycles. The number of hydrogen-bond acceptors (Lipinski definition) is 8. The van der Waals surface area contributed by atoms with Crippen LogP contribution in [0, 0.1) is 10.1 Å². The molecule has 164 valence electrons. The molecular weight excluding hydrogens is 394 g/mol. The molecule has 30 heavy (non-hydrogen) atoms. The van der Waals surface area contributed by atoms with Crippen molar-refractivity contribution in [1.29, 1.82) is 0 Å². The summed E-state index contributed by atoms with van der Waals surface area (Å²) in [5.41, 5.74) is 0.773. The van der Waals surface area contributed by atoms with Crippen LogP contribution < -0.4 is 9.47 Å². The van der Waals surface area contributed by atoms with Gasteiger partial charge in [-0.25, -0.2) is 0 Å². The van der Waals surface area contributed by atoms with E-state index in [2.05, 4.69) is 4.84 Å². The summed E-state index contributed by atoms with van der Waals surface area (Å²) in [6.45, 7) is 1.84. The summed E-state index contributed by atoms with van der Waals surface area (Å²) in [4.78, 5) is 37.5. The Labute approximate surface area is 175 Å². The Kier molecular flexibility index (Phi) is 12.0. The van der Waals surface area contributed by atoms with Gasteiger partial charge in [0.1, 0.15) is 6.61 Å². The Hall–Kier alpha value is -3.36. The number of unbranched alkanes of at least 4 members (excludes halogenated alkanes) is 1. The molecule has 0 aliphatic heterocycles. The Morgan fingerprint density at radius 3 is 2.57 bits per heavy atom. The van der Waals surface area contributed by atoms with Crippen molar-refractivity contribution in [1.82, 2.24) is 0 Å². The zero-order chi connectivity index (χ0) is 22.2. The highest BCUT2D eigenvalue weighted by atomic mass is 16.9. The number of rotatable bonds is 14. The monoisotopic (exact) mass is 421 g/mol. The number of carbonyl (C=O) groups is 2. The average Bonchev–Trinajstić information content (AvgIpc) is 2.72. The van der Waals surface area contributed by atoms with Crippen LogP contribution in [0.1, 0.15) is 44.6 Å². The van der Waals surface area contributed by atoms with E-state index >= 15 is 0 Å². The van der Waals surface area contributed by atoms with Crippen molar-refractivity contribution >= 4 is 18.0 Å². The van der Waals surface area contributed by atoms with Crippen molar-refractivity contribution in [2.45, 2.75) is 39.0 Å². The van der Waals surface area contributed by atoms with E-state index in [4.69, 9.17) is 14.2 Å². The smallest absolute Gasteiger partial charge is 0.311 e. The molecule has 1 aromatic carbocycles. The van der Waals surface area contributed by atoms with E-state index in [1.54, 1.807) is 30.4 Å². The maximum absolute atomic E-state index is 11.9. The first-order valence-corrected chi connectivity index (χ1v) is 9.55. The van der Waals surface area contributed by atoms with Crippen molar-refractivity contribution in [3.8, 4) is 11.5 Å². The molecule has 0 atom stereocenters. The largest absolute Gasteiger partial charge is 0.493 e. The molecule has 0 bridgehead atoms. The SMILES string of the molecule is C/C=C\CCCC(=O)Oc1ccc(/C=C/COC(=O)CCCO[N+](=O)[O-])cc1OC. The highest BCUT2D eigenvalue weighted by Gasteiger charge is 2.10. The van der Waals surface area contributed by atoms with Gasteiger partial charge in [-0.15, -0.1) is 10.1 Å². The van der Waals surface area contributed by atoms with Gasteiger partial charge in [-0.1, -0.05) is 24.3 Å². The van der Waals surface area contributed by atoms with Crippen LogP contribution in [0.2, 0.25) is 0 Å². The predicted molar refractivity (Wildman–Crippen MR) is 109 cm³/mol. The molecule has 0 unspecified atom stereocenters. The summed E-state index contributed by atoms with van der Waals surface area (Å²) in [7, 11) is 1.48. The van der Waals surface area contributed by atoms with Crippen molar-refractivity contribution in [3.05, 3.63) is 52.1 Å². The van der Waals surface area contributed by atoms with Crippen LogP contribution in [0.25, 0.3) is 6.08 Å². The van der Waals surface area contributed by atoms with E-state index in [0.29, 0.717) is 24.3 Å². The number of nitrogens with zero attached hydrogens (tertiary/aromatic N) is 1. The van der Waals surface area contributed by atoms with Gasteiger partial charge >= 0.3 is 11.9 Å². The topological polar surface area (TPSA) is 114 Å². The van der Waals surface area contributed by atoms with Crippen molar-refractivity contribution in [3.63, 3.8) is 0 Å². The number of esters is 2. The molecule has 9 nitrogen and oxygen atoms in total. The van der Waals surface area contributed by atoms with Gasteiger partial charge in [-0.05, 0) is 50.0 Å². The van der Waals surface area contributed by atoms with Gasteiger partial charge in [0.15, 0.2) is 11.5 Å². The lowest BCUT2D eigenvalue weighted by Crippen LogP contribution is -2.08. The Morgan fingerprint density at radius 2 is 1.87 bits per heavy atom. The first-order valence-electron chi connectivity index (χ1n) is 9.55. The van der Waals surface area contributed by atoms with Crippen LogP contribution in [0.15, 0.2) is 36.4 Å². The van der Waals surface area contributed by atoms with Gasteiger partial charge in [0, 0.05) is 12.8 Å². The molecule has 0 heterocycles. The molecule has 1 rings (SSSR count). The summed E-state index contributed by atoms with van der Waals surface area (Å²) in [5, 5.41) is 9.09. The minimum Gasteiger partial charge on any atom is -0.493 e. The number of allylic oxidation sites excluding steroid dienone is 2. The summed E-state index contributed by atoms with van der Waals surface area (Å²) in [5.74, 6) is -0.0340. The molecule has 0 saturated heterocycles. The standard InChI is InChI=1S/C21H27NO8/c1-3-4-5-6-10-21(24)30-18-13-12-17(16-19(18)27-2)9-7-14-28-20(23)11-8-15-29-22(25)26/h3-4,7,9,12-13,16H,5-6,8,10-11,14-15H2,1-2H3/b4-3-,9-7+. The second-order valence-corrected chi connectivity index (χ2v) is 6.09. The van der Waals surface area contributed by atoms with E-state index in [1.807, 2.05) is 19.1 Å². The lowest BCUT2D eigenvalue weighted by molar-refractivity contribution is -0.757. The van der Waals surface area contributed by atoms with E-state index in [0.717, 1.165) is 12.0 Å². The molecule has 9 heteroatoms. The van der Waals surface area contributed by atoms with Crippen molar-refractivity contribution in [2.24, 2.45) is 0 Å². The maximum Gasteiger partial charge on any atom is 0.311 e. The van der Waals surface area contributed by atoms with Crippen LogP contribution in [0.4, 0.5) is 0 Å². The number of ether oxygens (including phenoxy) is 3. The Balaban J connectivity index is 2.45. The Bertz CT molecular complexity index is 757. The normalized spacial score (nSPS) is 10.9. The molecule has 0 radical (unpaired) electrons. The van der Waals surface area contributed by atoms with E-state index in [-0.39, 0.29) is 32.0 Å². The molecule has 0 amide bonds. The first kappa shape index (κ1) is 24.7.